The molecule has 7 heteroatoms. The summed E-state index contributed by atoms with van der Waals surface area (Å²) < 4.78 is 7.50. The Morgan fingerprint density at radius 2 is 1.84 bits per heavy atom. The van der Waals surface area contributed by atoms with Crippen LogP contribution in [0.2, 0.25) is 5.02 Å². The summed E-state index contributed by atoms with van der Waals surface area (Å²) >= 11 is 6.05. The Bertz CT molecular complexity index is 1130. The molecule has 2 amide bonds. The van der Waals surface area contributed by atoms with E-state index in [1.807, 2.05) is 47.9 Å². The molecule has 3 aromatic rings. The second-order valence-corrected chi connectivity index (χ2v) is 9.35. The molecule has 6 nitrogen and oxygen atoms in total. The molecular formula is C25H26ClN3O3. The maximum atomic E-state index is 13.7. The fraction of sp³-hybridized carbons (Fsp3) is 0.360. The molecule has 3 heterocycles. The molecular weight excluding hydrogens is 426 g/mol. The zero-order valence-electron chi connectivity index (χ0n) is 18.0. The second-order valence-electron chi connectivity index (χ2n) is 8.91. The number of carbonyl (C=O) groups excluding carboxylic acids is 2. The van der Waals surface area contributed by atoms with Gasteiger partial charge in [0.1, 0.15) is 17.0 Å². The summed E-state index contributed by atoms with van der Waals surface area (Å²) in [4.78, 5) is 29.0. The van der Waals surface area contributed by atoms with Gasteiger partial charge in [0.05, 0.1) is 18.5 Å². The van der Waals surface area contributed by atoms with E-state index in [2.05, 4.69) is 5.32 Å². The van der Waals surface area contributed by atoms with Crippen molar-refractivity contribution in [2.75, 3.05) is 0 Å². The van der Waals surface area contributed by atoms with Crippen LogP contribution in [0.15, 0.2) is 59.2 Å². The van der Waals surface area contributed by atoms with Crippen molar-refractivity contribution in [2.45, 2.75) is 57.3 Å². The van der Waals surface area contributed by atoms with Crippen LogP contribution in [0, 0.1) is 0 Å². The van der Waals surface area contributed by atoms with E-state index in [1.165, 1.54) is 0 Å². The standard InChI is InChI=1S/C25H26ClN3O3/c1-25(24(31)27-19-5-2-3-6-19)16-28-20(22-7-4-14-32-22)12-13-21(28)23(30)29(25)15-17-8-10-18(26)11-9-17/h4,7-14,19H,2-3,5-6,15-16H2,1H3,(H,27,31)/t25-/m1/s1. The molecule has 2 aliphatic rings. The molecule has 5 rings (SSSR count). The highest BCUT2D eigenvalue weighted by atomic mass is 35.5. The van der Waals surface area contributed by atoms with Crippen molar-refractivity contribution in [1.29, 1.82) is 0 Å². The van der Waals surface area contributed by atoms with Crippen LogP contribution in [0.4, 0.5) is 0 Å². The largest absolute Gasteiger partial charge is 0.463 e. The second kappa shape index (κ2) is 8.17. The summed E-state index contributed by atoms with van der Waals surface area (Å²) in [6.07, 6.45) is 5.83. The van der Waals surface area contributed by atoms with Crippen LogP contribution in [0.5, 0.6) is 0 Å². The molecule has 1 N–H and O–H groups in total. The number of carbonyl (C=O) groups is 2. The van der Waals surface area contributed by atoms with Gasteiger partial charge in [-0.05, 0) is 61.7 Å². The lowest BCUT2D eigenvalue weighted by molar-refractivity contribution is -0.133. The smallest absolute Gasteiger partial charge is 0.271 e. The first-order chi connectivity index (χ1) is 15.5. The Morgan fingerprint density at radius 3 is 2.53 bits per heavy atom. The molecule has 1 saturated carbocycles. The summed E-state index contributed by atoms with van der Waals surface area (Å²) in [6.45, 7) is 2.54. The predicted molar refractivity (Wildman–Crippen MR) is 122 cm³/mol. The van der Waals surface area contributed by atoms with Gasteiger partial charge in [-0.2, -0.15) is 0 Å². The van der Waals surface area contributed by atoms with E-state index >= 15 is 0 Å². The normalized spacial score (nSPS) is 21.1. The SMILES string of the molecule is C[C@]1(C(=O)NC2CCCC2)Cn2c(ccc2-c2ccco2)C(=O)N1Cc1ccc(Cl)cc1. The van der Waals surface area contributed by atoms with E-state index in [4.69, 9.17) is 16.0 Å². The van der Waals surface area contributed by atoms with Gasteiger partial charge < -0.3 is 19.2 Å². The topological polar surface area (TPSA) is 67.5 Å². The fourth-order valence-corrected chi connectivity index (χ4v) is 4.97. The van der Waals surface area contributed by atoms with Crippen molar-refractivity contribution in [1.82, 2.24) is 14.8 Å². The maximum Gasteiger partial charge on any atom is 0.271 e. The first kappa shape index (κ1) is 20.9. The Kier molecular flexibility index (Phi) is 5.33. The third-order valence-corrected chi connectivity index (χ3v) is 6.97. The number of amides is 2. The van der Waals surface area contributed by atoms with Crippen LogP contribution in [0.1, 0.15) is 48.7 Å². The molecule has 2 aromatic heterocycles. The van der Waals surface area contributed by atoms with Crippen LogP contribution in [-0.2, 0) is 17.9 Å². The number of halogens is 1. The van der Waals surface area contributed by atoms with E-state index in [0.29, 0.717) is 29.6 Å². The summed E-state index contributed by atoms with van der Waals surface area (Å²) in [5.74, 6) is 0.387. The van der Waals surface area contributed by atoms with E-state index in [9.17, 15) is 9.59 Å². The molecule has 1 aromatic carbocycles. The average Bonchev–Trinajstić information content (AvgIpc) is 3.54. The molecule has 0 spiro atoms. The van der Waals surface area contributed by atoms with Gasteiger partial charge in [0, 0.05) is 17.6 Å². The lowest BCUT2D eigenvalue weighted by atomic mass is 9.93. The van der Waals surface area contributed by atoms with Gasteiger partial charge in [-0.15, -0.1) is 0 Å². The van der Waals surface area contributed by atoms with Crippen molar-refractivity contribution < 1.29 is 14.0 Å². The van der Waals surface area contributed by atoms with Crippen molar-refractivity contribution in [3.05, 3.63) is 71.1 Å². The number of nitrogens with one attached hydrogen (secondary N) is 1. The lowest BCUT2D eigenvalue weighted by Gasteiger charge is -2.44. The molecule has 0 radical (unpaired) electrons. The minimum absolute atomic E-state index is 0.114. The highest BCUT2D eigenvalue weighted by Crippen LogP contribution is 2.35. The molecule has 0 bridgehead atoms. The Hall–Kier alpha value is -2.99. The number of aromatic nitrogens is 1. The Morgan fingerprint density at radius 1 is 1.12 bits per heavy atom. The molecule has 1 fully saturated rings. The van der Waals surface area contributed by atoms with Gasteiger partial charge in [-0.25, -0.2) is 0 Å². The van der Waals surface area contributed by atoms with Gasteiger partial charge in [-0.1, -0.05) is 36.6 Å². The van der Waals surface area contributed by atoms with Gasteiger partial charge in [0.25, 0.3) is 5.91 Å². The van der Waals surface area contributed by atoms with Gasteiger partial charge in [0.15, 0.2) is 0 Å². The van der Waals surface area contributed by atoms with Gasteiger partial charge in [-0.3, -0.25) is 9.59 Å². The van der Waals surface area contributed by atoms with Crippen LogP contribution < -0.4 is 5.32 Å². The van der Waals surface area contributed by atoms with Crippen LogP contribution in [-0.4, -0.2) is 32.9 Å². The Balaban J connectivity index is 1.54. The molecule has 1 aliphatic carbocycles. The maximum absolute atomic E-state index is 13.7. The number of hydrogen-bond acceptors (Lipinski definition) is 3. The highest BCUT2D eigenvalue weighted by molar-refractivity contribution is 6.30. The predicted octanol–water partition coefficient (Wildman–Crippen LogP) is 4.88. The quantitative estimate of drug-likeness (QED) is 0.601. The molecule has 32 heavy (non-hydrogen) atoms. The minimum atomic E-state index is -1.05. The van der Waals surface area contributed by atoms with Crippen molar-refractivity contribution in [3.63, 3.8) is 0 Å². The summed E-state index contributed by atoms with van der Waals surface area (Å²) in [6, 6.07) is 14.9. The summed E-state index contributed by atoms with van der Waals surface area (Å²) in [7, 11) is 0. The molecule has 0 unspecified atom stereocenters. The first-order valence-electron chi connectivity index (χ1n) is 11.1. The number of furan rings is 1. The van der Waals surface area contributed by atoms with Gasteiger partial charge >= 0.3 is 0 Å². The Labute approximate surface area is 192 Å². The number of hydrogen-bond donors (Lipinski definition) is 1. The zero-order chi connectivity index (χ0) is 22.3. The average molecular weight is 452 g/mol. The van der Waals surface area contributed by atoms with Crippen LogP contribution in [0.25, 0.3) is 11.5 Å². The van der Waals surface area contributed by atoms with E-state index in [0.717, 1.165) is 36.9 Å². The summed E-state index contributed by atoms with van der Waals surface area (Å²) in [5, 5.41) is 3.86. The van der Waals surface area contributed by atoms with Crippen molar-refractivity contribution in [3.8, 4) is 11.5 Å². The fourth-order valence-electron chi connectivity index (χ4n) is 4.84. The number of fused-ring (bicyclic) bond motifs is 1. The number of rotatable bonds is 5. The first-order valence-corrected chi connectivity index (χ1v) is 11.4. The van der Waals surface area contributed by atoms with Gasteiger partial charge in [0.2, 0.25) is 5.91 Å². The molecule has 1 atom stereocenters. The van der Waals surface area contributed by atoms with E-state index < -0.39 is 5.54 Å². The minimum Gasteiger partial charge on any atom is -0.463 e. The lowest BCUT2D eigenvalue weighted by Crippen LogP contribution is -2.64. The number of nitrogens with zero attached hydrogens (tertiary/aromatic N) is 2. The molecule has 0 saturated heterocycles. The highest BCUT2D eigenvalue weighted by Gasteiger charge is 2.48. The monoisotopic (exact) mass is 451 g/mol. The third kappa shape index (κ3) is 3.62. The van der Waals surface area contributed by atoms with Crippen molar-refractivity contribution >= 4 is 23.4 Å². The van der Waals surface area contributed by atoms with Crippen molar-refractivity contribution in [2.24, 2.45) is 0 Å². The molecule has 166 valence electrons. The number of benzene rings is 1. The van der Waals surface area contributed by atoms with E-state index in [-0.39, 0.29) is 17.9 Å². The van der Waals surface area contributed by atoms with E-state index in [1.54, 1.807) is 23.3 Å². The molecule has 1 aliphatic heterocycles. The van der Waals surface area contributed by atoms with Crippen LogP contribution >= 0.6 is 11.6 Å². The summed E-state index contributed by atoms with van der Waals surface area (Å²) in [5.41, 5.74) is 1.22. The van der Waals surface area contributed by atoms with Crippen LogP contribution in [0.3, 0.4) is 0 Å². The third-order valence-electron chi connectivity index (χ3n) is 6.71. The zero-order valence-corrected chi connectivity index (χ0v) is 18.8.